The Morgan fingerprint density at radius 1 is 0.636 bits per heavy atom. The molecule has 3 atom stereocenters. The van der Waals surface area contributed by atoms with Gasteiger partial charge in [0.1, 0.15) is 18.7 Å². The lowest BCUT2D eigenvalue weighted by atomic mass is 9.78. The number of carbonyl (C=O) groups is 4. The second-order valence-electron chi connectivity index (χ2n) is 18.5. The average molecular weight is 911 g/mol. The zero-order valence-corrected chi connectivity index (χ0v) is 40.0. The molecule has 0 bridgehead atoms. The molecule has 1 saturated carbocycles. The normalized spacial score (nSPS) is 16.0. The molecule has 5 aromatic carbocycles. The zero-order valence-electron chi connectivity index (χ0n) is 39.3. The summed E-state index contributed by atoms with van der Waals surface area (Å²) in [6.07, 6.45) is 8.60. The van der Waals surface area contributed by atoms with E-state index < -0.39 is 48.0 Å². The Labute approximate surface area is 396 Å². The van der Waals surface area contributed by atoms with E-state index in [0.717, 1.165) is 35.1 Å². The van der Waals surface area contributed by atoms with E-state index in [2.05, 4.69) is 36.4 Å². The molecule has 10 heteroatoms. The van der Waals surface area contributed by atoms with Crippen molar-refractivity contribution in [3.05, 3.63) is 166 Å². The summed E-state index contributed by atoms with van der Waals surface area (Å²) in [5.74, 6) is -1.82. The van der Waals surface area contributed by atoms with Gasteiger partial charge in [0.05, 0.1) is 6.42 Å². The second kappa shape index (κ2) is 21.6. The van der Waals surface area contributed by atoms with Gasteiger partial charge in [-0.2, -0.15) is 0 Å². The molecule has 66 heavy (non-hydrogen) atoms. The minimum Gasteiger partial charge on any atom is -0.448 e. The fraction of sp³-hybridized carbons (Fsp3) is 0.393. The van der Waals surface area contributed by atoms with Gasteiger partial charge in [-0.3, -0.25) is 19.3 Å². The van der Waals surface area contributed by atoms with E-state index in [-0.39, 0.29) is 18.4 Å². The standard InChI is InChI=1S/C56H64ClN3O6/c1-38(2)52(60(6)55(64)65-37-47-45-28-18-16-26-43(45)44-27-17-19-29-46(44)47)54(63)59(5)50(53(62)58(3)4)36-51(61)66-56(41-24-14-11-15-25-41,48-30-20-21-31-49(48)57)42-34-32-40(33-35-42)39-22-12-9-7-8-10-13-23-39/h11,14-21,24-35,38-39,47,50,52H,7-10,12-13,22-23,36-37H2,1-6H3/t50-,52+,56?/m0/s1. The van der Waals surface area contributed by atoms with Gasteiger partial charge in [0, 0.05) is 55.8 Å². The van der Waals surface area contributed by atoms with Crippen LogP contribution in [0, 0.1) is 5.92 Å². The van der Waals surface area contributed by atoms with E-state index in [0.29, 0.717) is 27.6 Å². The first-order valence-electron chi connectivity index (χ1n) is 23.5. The van der Waals surface area contributed by atoms with Gasteiger partial charge in [-0.15, -0.1) is 0 Å². The van der Waals surface area contributed by atoms with Gasteiger partial charge in [0.15, 0.2) is 5.60 Å². The van der Waals surface area contributed by atoms with Crippen molar-refractivity contribution < 1.29 is 28.7 Å². The number of halogens is 1. The number of ether oxygens (including phenoxy) is 2. The molecule has 9 nitrogen and oxygen atoms in total. The topological polar surface area (TPSA) is 96.5 Å². The quantitative estimate of drug-likeness (QED) is 0.0813. The third kappa shape index (κ3) is 10.2. The molecule has 2 aliphatic rings. The lowest BCUT2D eigenvalue weighted by Crippen LogP contribution is -2.56. The molecule has 7 rings (SSSR count). The van der Waals surface area contributed by atoms with Crippen molar-refractivity contribution in [1.29, 1.82) is 0 Å². The van der Waals surface area contributed by atoms with E-state index in [9.17, 15) is 19.2 Å². The number of benzene rings is 5. The zero-order chi connectivity index (χ0) is 47.0. The Balaban J connectivity index is 1.16. The van der Waals surface area contributed by atoms with Crippen molar-refractivity contribution in [2.24, 2.45) is 5.92 Å². The van der Waals surface area contributed by atoms with Crippen LogP contribution in [0.15, 0.2) is 127 Å². The van der Waals surface area contributed by atoms with Crippen LogP contribution in [-0.4, -0.2) is 85.5 Å². The summed E-state index contributed by atoms with van der Waals surface area (Å²) >= 11 is 7.06. The molecule has 1 fully saturated rings. The summed E-state index contributed by atoms with van der Waals surface area (Å²) in [6, 6.07) is 39.1. The number of likely N-dealkylation sites (N-methyl/N-ethyl adjacent to an activating group) is 3. The van der Waals surface area contributed by atoms with Gasteiger partial charge < -0.3 is 19.3 Å². The SMILES string of the molecule is CC(C)[C@H](C(=O)N(C)[C@@H](CC(=O)OC(c1ccccc1)(c1ccc(C2CCCCCCCC2)cc1)c1ccccc1Cl)C(=O)N(C)C)N(C)C(=O)OCC1c2ccccc2-c2ccccc21. The maximum atomic E-state index is 14.8. The summed E-state index contributed by atoms with van der Waals surface area (Å²) in [4.78, 5) is 61.5. The molecule has 0 heterocycles. The van der Waals surface area contributed by atoms with E-state index >= 15 is 0 Å². The van der Waals surface area contributed by atoms with Gasteiger partial charge in [0.25, 0.3) is 0 Å². The van der Waals surface area contributed by atoms with Crippen LogP contribution in [0.4, 0.5) is 4.79 Å². The van der Waals surface area contributed by atoms with Gasteiger partial charge in [-0.25, -0.2) is 4.79 Å². The van der Waals surface area contributed by atoms with Gasteiger partial charge in [-0.05, 0) is 58.6 Å². The summed E-state index contributed by atoms with van der Waals surface area (Å²) in [5, 5.41) is 0.402. The van der Waals surface area contributed by atoms with Crippen molar-refractivity contribution in [3.8, 4) is 11.1 Å². The lowest BCUT2D eigenvalue weighted by molar-refractivity contribution is -0.159. The lowest BCUT2D eigenvalue weighted by Gasteiger charge is -2.38. The Bertz CT molecular complexity index is 2420. The predicted octanol–water partition coefficient (Wildman–Crippen LogP) is 11.6. The Morgan fingerprint density at radius 2 is 1.17 bits per heavy atom. The van der Waals surface area contributed by atoms with Crippen molar-refractivity contribution in [2.45, 2.75) is 101 Å². The van der Waals surface area contributed by atoms with Crippen LogP contribution < -0.4 is 0 Å². The van der Waals surface area contributed by atoms with Crippen LogP contribution in [0.5, 0.6) is 0 Å². The highest BCUT2D eigenvalue weighted by Gasteiger charge is 2.45. The number of nitrogens with zero attached hydrogens (tertiary/aromatic N) is 3. The summed E-state index contributed by atoms with van der Waals surface area (Å²) in [7, 11) is 6.20. The van der Waals surface area contributed by atoms with Crippen LogP contribution in [0.1, 0.15) is 117 Å². The van der Waals surface area contributed by atoms with Crippen molar-refractivity contribution in [1.82, 2.24) is 14.7 Å². The summed E-state index contributed by atoms with van der Waals surface area (Å²) in [6.45, 7) is 3.75. The largest absolute Gasteiger partial charge is 0.448 e. The van der Waals surface area contributed by atoms with Crippen molar-refractivity contribution in [2.75, 3.05) is 34.8 Å². The third-order valence-electron chi connectivity index (χ3n) is 13.7. The Hall–Kier alpha value is -5.93. The Morgan fingerprint density at radius 3 is 1.74 bits per heavy atom. The fourth-order valence-electron chi connectivity index (χ4n) is 10.2. The fourth-order valence-corrected chi connectivity index (χ4v) is 10.4. The molecule has 0 spiro atoms. The minimum atomic E-state index is -1.52. The van der Waals surface area contributed by atoms with Crippen molar-refractivity contribution >= 4 is 35.5 Å². The molecular weight excluding hydrogens is 846 g/mol. The number of esters is 1. The van der Waals surface area contributed by atoms with E-state index in [1.54, 1.807) is 20.2 Å². The number of hydrogen-bond donors (Lipinski definition) is 0. The second-order valence-corrected chi connectivity index (χ2v) is 18.9. The monoisotopic (exact) mass is 909 g/mol. The number of amides is 3. The minimum absolute atomic E-state index is 0.0809. The smallest absolute Gasteiger partial charge is 0.410 e. The van der Waals surface area contributed by atoms with Crippen LogP contribution in [0.3, 0.4) is 0 Å². The molecule has 0 radical (unpaired) electrons. The highest BCUT2D eigenvalue weighted by atomic mass is 35.5. The molecule has 2 aliphatic carbocycles. The van der Waals surface area contributed by atoms with Crippen LogP contribution in [0.2, 0.25) is 5.02 Å². The molecule has 0 aliphatic heterocycles. The van der Waals surface area contributed by atoms with E-state index in [1.165, 1.54) is 72.9 Å². The van der Waals surface area contributed by atoms with Crippen LogP contribution in [0.25, 0.3) is 11.1 Å². The van der Waals surface area contributed by atoms with E-state index in [4.69, 9.17) is 21.1 Å². The maximum Gasteiger partial charge on any atom is 0.410 e. The van der Waals surface area contributed by atoms with Gasteiger partial charge >= 0.3 is 12.1 Å². The van der Waals surface area contributed by atoms with Crippen LogP contribution >= 0.6 is 11.6 Å². The third-order valence-corrected chi connectivity index (χ3v) is 14.0. The molecule has 0 N–H and O–H groups in total. The van der Waals surface area contributed by atoms with E-state index in [1.807, 2.05) is 98.8 Å². The Kier molecular flexibility index (Phi) is 15.7. The van der Waals surface area contributed by atoms with Crippen LogP contribution in [-0.2, 0) is 29.5 Å². The predicted molar refractivity (Wildman–Crippen MR) is 261 cm³/mol. The molecule has 346 valence electrons. The summed E-state index contributed by atoms with van der Waals surface area (Å²) < 4.78 is 12.8. The first kappa shape index (κ1) is 48.0. The molecule has 0 saturated heterocycles. The first-order chi connectivity index (χ1) is 31.8. The number of carbonyl (C=O) groups excluding carboxylic acids is 4. The highest BCUT2D eigenvalue weighted by molar-refractivity contribution is 6.31. The number of hydrogen-bond acceptors (Lipinski definition) is 6. The number of rotatable bonds is 14. The highest BCUT2D eigenvalue weighted by Crippen LogP contribution is 2.46. The maximum absolute atomic E-state index is 14.8. The average Bonchev–Trinajstić information content (AvgIpc) is 3.72. The number of fused-ring (bicyclic) bond motifs is 3. The van der Waals surface area contributed by atoms with Gasteiger partial charge in [-0.1, -0.05) is 185 Å². The summed E-state index contributed by atoms with van der Waals surface area (Å²) in [5.41, 5.74) is 6.03. The molecule has 1 unspecified atom stereocenters. The molecular formula is C56H64ClN3O6. The van der Waals surface area contributed by atoms with Crippen molar-refractivity contribution in [3.63, 3.8) is 0 Å². The first-order valence-corrected chi connectivity index (χ1v) is 23.9. The molecule has 0 aromatic heterocycles. The molecule has 5 aromatic rings. The van der Waals surface area contributed by atoms with Gasteiger partial charge in [0.2, 0.25) is 11.8 Å². The molecule has 3 amide bonds.